The lowest BCUT2D eigenvalue weighted by Gasteiger charge is -2.45. The van der Waals surface area contributed by atoms with Crippen LogP contribution in [0.2, 0.25) is 0 Å². The Bertz CT molecular complexity index is 987. The number of methoxy groups -OCH3 is 1. The molecule has 2 fully saturated rings. The van der Waals surface area contributed by atoms with Crippen molar-refractivity contribution in [2.75, 3.05) is 50.5 Å². The summed E-state index contributed by atoms with van der Waals surface area (Å²) >= 11 is 0. The van der Waals surface area contributed by atoms with Gasteiger partial charge in [0.1, 0.15) is 12.1 Å². The van der Waals surface area contributed by atoms with E-state index in [4.69, 9.17) is 20.6 Å². The van der Waals surface area contributed by atoms with Gasteiger partial charge in [-0.05, 0) is 19.1 Å². The molecule has 0 radical (unpaired) electrons. The number of amides is 1. The maximum atomic E-state index is 13.4. The zero-order valence-electron chi connectivity index (χ0n) is 18.0. The number of hydrogen-bond donors (Lipinski definition) is 2. The number of hydrogen-bond acceptors (Lipinski definition) is 7. The average molecular weight is 426 g/mol. The highest BCUT2D eigenvalue weighted by Crippen LogP contribution is 2.33. The summed E-state index contributed by atoms with van der Waals surface area (Å²) in [5, 5.41) is 6.31. The Balaban J connectivity index is 1.44. The molecule has 1 aromatic heterocycles. The smallest absolute Gasteiger partial charge is 0.255 e. The van der Waals surface area contributed by atoms with Crippen molar-refractivity contribution < 1.29 is 19.7 Å². The average Bonchev–Trinajstić information content (AvgIpc) is 2.77. The zero-order valence-corrected chi connectivity index (χ0v) is 18.0. The largest absolute Gasteiger partial charge is 0.481 e. The van der Waals surface area contributed by atoms with Gasteiger partial charge in [0.25, 0.3) is 5.91 Å². The molecule has 0 saturated carbocycles. The summed E-state index contributed by atoms with van der Waals surface area (Å²) in [6.45, 7) is 4.48. The van der Waals surface area contributed by atoms with E-state index in [0.717, 1.165) is 11.3 Å². The minimum absolute atomic E-state index is 0.0152. The lowest BCUT2D eigenvalue weighted by Crippen LogP contribution is -2.63. The number of carbonyl (C=O) groups excluding carboxylic acids is 1. The first-order valence-electron chi connectivity index (χ1n) is 10.5. The molecule has 1 spiro atoms. The third-order valence-electron chi connectivity index (χ3n) is 5.97. The first kappa shape index (κ1) is 21.0. The van der Waals surface area contributed by atoms with E-state index in [1.807, 2.05) is 31.2 Å². The van der Waals surface area contributed by atoms with Gasteiger partial charge in [0.05, 0.1) is 19.3 Å². The Labute approximate surface area is 181 Å². The van der Waals surface area contributed by atoms with Crippen LogP contribution < -0.4 is 20.8 Å². The highest BCUT2D eigenvalue weighted by atomic mass is 16.5. The van der Waals surface area contributed by atoms with Gasteiger partial charge in [0.2, 0.25) is 17.5 Å². The summed E-state index contributed by atoms with van der Waals surface area (Å²) in [5.41, 5.74) is 8.02. The first-order chi connectivity index (χ1) is 14.9. The number of nitrogens with zero attached hydrogens (tertiary/aromatic N) is 4. The summed E-state index contributed by atoms with van der Waals surface area (Å²) in [7, 11) is 1.59. The number of piperidine rings is 1. The van der Waals surface area contributed by atoms with Gasteiger partial charge in [-0.15, -0.1) is 0 Å². The molecule has 3 heterocycles. The number of benzene rings is 1. The molecule has 0 bridgehead atoms. The van der Waals surface area contributed by atoms with Crippen LogP contribution in [0.5, 0.6) is 5.88 Å². The number of rotatable bonds is 5. The van der Waals surface area contributed by atoms with Crippen molar-refractivity contribution in [2.24, 2.45) is 0 Å². The fourth-order valence-electron chi connectivity index (χ4n) is 4.23. The van der Waals surface area contributed by atoms with Crippen molar-refractivity contribution in [1.29, 1.82) is 0 Å². The normalized spacial score (nSPS) is 18.3. The summed E-state index contributed by atoms with van der Waals surface area (Å²) in [5.74, 6) is 1.13. The van der Waals surface area contributed by atoms with Crippen LogP contribution in [0.15, 0.2) is 30.3 Å². The van der Waals surface area contributed by atoms with Crippen LogP contribution in [0.1, 0.15) is 24.1 Å². The standard InChI is InChI=1S/C22H28N6O3/c1-15-13-19(30-2)26-21(25-15)27-9-7-22(8-10-27)20(29)28(11-12-31-22)14-18(24)16-5-3-4-6-17(16)23/h3-6,13,24H,7-12,14,23H2,1-2H3/p+1. The Morgan fingerprint density at radius 1 is 1.26 bits per heavy atom. The van der Waals surface area contributed by atoms with Crippen LogP contribution in [0.25, 0.3) is 0 Å². The fourth-order valence-corrected chi connectivity index (χ4v) is 4.23. The maximum Gasteiger partial charge on any atom is 0.255 e. The van der Waals surface area contributed by atoms with Crippen molar-refractivity contribution in [2.45, 2.75) is 25.4 Å². The van der Waals surface area contributed by atoms with Crippen LogP contribution in [0.4, 0.5) is 11.6 Å². The van der Waals surface area contributed by atoms with Crippen LogP contribution in [0, 0.1) is 6.92 Å². The Hall–Kier alpha value is -3.20. The van der Waals surface area contributed by atoms with E-state index in [1.165, 1.54) is 0 Å². The number of para-hydroxylation sites is 1. The second-order valence-corrected chi connectivity index (χ2v) is 8.02. The number of anilines is 2. The predicted molar refractivity (Wildman–Crippen MR) is 117 cm³/mol. The van der Waals surface area contributed by atoms with E-state index in [1.54, 1.807) is 18.1 Å². The molecule has 0 atom stereocenters. The van der Waals surface area contributed by atoms with E-state index < -0.39 is 5.60 Å². The lowest BCUT2D eigenvalue weighted by molar-refractivity contribution is -0.175. The number of aromatic nitrogens is 2. The second-order valence-electron chi connectivity index (χ2n) is 8.02. The molecule has 31 heavy (non-hydrogen) atoms. The van der Waals surface area contributed by atoms with Crippen molar-refractivity contribution in [3.05, 3.63) is 41.6 Å². The number of ether oxygens (including phenoxy) is 2. The third kappa shape index (κ3) is 4.18. The molecule has 1 amide bonds. The van der Waals surface area contributed by atoms with Crippen molar-refractivity contribution >= 4 is 23.3 Å². The van der Waals surface area contributed by atoms with E-state index in [0.29, 0.717) is 68.9 Å². The topological polar surface area (TPSA) is 119 Å². The lowest BCUT2D eigenvalue weighted by atomic mass is 9.88. The quantitative estimate of drug-likeness (QED) is 0.504. The van der Waals surface area contributed by atoms with Gasteiger partial charge in [0, 0.05) is 49.9 Å². The molecule has 2 aromatic rings. The molecule has 4 N–H and O–H groups in total. The number of morpholine rings is 1. The van der Waals surface area contributed by atoms with Gasteiger partial charge >= 0.3 is 0 Å². The fraction of sp³-hybridized carbons (Fsp3) is 0.455. The van der Waals surface area contributed by atoms with Crippen molar-refractivity contribution in [1.82, 2.24) is 14.9 Å². The van der Waals surface area contributed by atoms with Crippen LogP contribution in [-0.2, 0) is 9.53 Å². The molecule has 1 aromatic carbocycles. The van der Waals surface area contributed by atoms with Gasteiger partial charge < -0.3 is 25.0 Å². The van der Waals surface area contributed by atoms with Gasteiger partial charge in [-0.25, -0.2) is 4.98 Å². The minimum Gasteiger partial charge on any atom is -0.481 e. The molecule has 0 unspecified atom stereocenters. The zero-order chi connectivity index (χ0) is 22.0. The van der Waals surface area contributed by atoms with Crippen molar-refractivity contribution in [3.63, 3.8) is 0 Å². The SMILES string of the molecule is COc1cc(C)nc(N2CCC3(CC2)OCCN(CC(=[NH2+])c2ccccc2N)C3=O)n1. The Morgan fingerprint density at radius 3 is 2.71 bits per heavy atom. The van der Waals surface area contributed by atoms with Crippen LogP contribution in [0.3, 0.4) is 0 Å². The molecular formula is C22H29N6O3+. The van der Waals surface area contributed by atoms with Gasteiger partial charge in [0.15, 0.2) is 0 Å². The second kappa shape index (κ2) is 8.50. The Kier molecular flexibility index (Phi) is 5.77. The minimum atomic E-state index is -0.828. The molecule has 4 rings (SSSR count). The summed E-state index contributed by atoms with van der Waals surface area (Å²) < 4.78 is 11.3. The number of carbonyl (C=O) groups is 1. The highest BCUT2D eigenvalue weighted by Gasteiger charge is 2.48. The van der Waals surface area contributed by atoms with Crippen LogP contribution >= 0.6 is 0 Å². The molecule has 164 valence electrons. The number of nitrogens with two attached hydrogens (primary N) is 2. The van der Waals surface area contributed by atoms with Gasteiger partial charge in [-0.1, -0.05) is 12.1 Å². The van der Waals surface area contributed by atoms with Gasteiger partial charge in [-0.2, -0.15) is 4.98 Å². The number of nitrogen functional groups attached to an aromatic ring is 1. The van der Waals surface area contributed by atoms with E-state index in [9.17, 15) is 4.79 Å². The highest BCUT2D eigenvalue weighted by molar-refractivity contribution is 6.03. The van der Waals surface area contributed by atoms with E-state index in [-0.39, 0.29) is 5.91 Å². The number of aryl methyl sites for hydroxylation is 1. The monoisotopic (exact) mass is 425 g/mol. The van der Waals surface area contributed by atoms with Crippen LogP contribution in [-0.4, -0.2) is 72.0 Å². The van der Waals surface area contributed by atoms with Crippen molar-refractivity contribution in [3.8, 4) is 5.88 Å². The van der Waals surface area contributed by atoms with E-state index in [2.05, 4.69) is 14.9 Å². The van der Waals surface area contributed by atoms with E-state index >= 15 is 0 Å². The Morgan fingerprint density at radius 2 is 2.00 bits per heavy atom. The third-order valence-corrected chi connectivity index (χ3v) is 5.97. The van der Waals surface area contributed by atoms with Gasteiger partial charge in [-0.3, -0.25) is 10.2 Å². The molecule has 2 saturated heterocycles. The first-order valence-corrected chi connectivity index (χ1v) is 10.5. The summed E-state index contributed by atoms with van der Waals surface area (Å²) in [4.78, 5) is 26.2. The molecular weight excluding hydrogens is 396 g/mol. The predicted octanol–water partition coefficient (Wildman–Crippen LogP) is -0.178. The summed E-state index contributed by atoms with van der Waals surface area (Å²) in [6, 6.07) is 9.23. The molecule has 0 aliphatic carbocycles. The molecule has 9 nitrogen and oxygen atoms in total. The summed E-state index contributed by atoms with van der Waals surface area (Å²) in [6.07, 6.45) is 1.13. The maximum absolute atomic E-state index is 13.4. The molecule has 9 heteroatoms. The molecule has 2 aliphatic rings. The molecule has 2 aliphatic heterocycles.